The lowest BCUT2D eigenvalue weighted by molar-refractivity contribution is -0.142. The Labute approximate surface area is 118 Å². The summed E-state index contributed by atoms with van der Waals surface area (Å²) < 4.78 is 4.63. The van der Waals surface area contributed by atoms with E-state index in [1.807, 2.05) is 44.2 Å². The van der Waals surface area contributed by atoms with Gasteiger partial charge in [0.1, 0.15) is 0 Å². The molecule has 0 aliphatic rings. The molecule has 0 bridgehead atoms. The molecule has 0 spiro atoms. The number of aliphatic hydroxyl groups is 1. The third-order valence-electron chi connectivity index (χ3n) is 3.45. The van der Waals surface area contributed by atoms with Gasteiger partial charge in [0.05, 0.1) is 25.2 Å². The van der Waals surface area contributed by atoms with Crippen LogP contribution in [-0.4, -0.2) is 23.2 Å². The fourth-order valence-electron chi connectivity index (χ4n) is 2.22. The molecule has 2 rings (SSSR count). The summed E-state index contributed by atoms with van der Waals surface area (Å²) in [5.74, 6) is -0.507. The van der Waals surface area contributed by atoms with Crippen molar-refractivity contribution in [2.45, 2.75) is 26.4 Å². The summed E-state index contributed by atoms with van der Waals surface area (Å²) in [6.45, 7) is 3.78. The van der Waals surface area contributed by atoms with E-state index in [-0.39, 0.29) is 18.3 Å². The highest BCUT2D eigenvalue weighted by Crippen LogP contribution is 2.27. The van der Waals surface area contributed by atoms with Crippen molar-refractivity contribution in [1.82, 2.24) is 4.98 Å². The zero-order chi connectivity index (χ0) is 14.7. The number of rotatable bonds is 4. The summed E-state index contributed by atoms with van der Waals surface area (Å²) in [6.07, 6.45) is -0.498. The minimum atomic E-state index is -0.695. The quantitative estimate of drug-likeness (QED) is 0.870. The van der Waals surface area contributed by atoms with Crippen LogP contribution >= 0.6 is 0 Å². The second-order valence-electron chi connectivity index (χ2n) is 5.11. The lowest BCUT2D eigenvalue weighted by Gasteiger charge is -2.18. The fraction of sp³-hybridized carbons (Fsp3) is 0.375. The Kier molecular flexibility index (Phi) is 4.35. The number of nitrogens with zero attached hydrogens (tertiary/aromatic N) is 1. The van der Waals surface area contributed by atoms with Crippen molar-refractivity contribution < 1.29 is 14.6 Å². The normalized spacial score (nSPS) is 14.0. The molecule has 2 aromatic rings. The van der Waals surface area contributed by atoms with Crippen LogP contribution in [0.1, 0.15) is 30.7 Å². The van der Waals surface area contributed by atoms with Crippen LogP contribution in [0, 0.1) is 12.8 Å². The van der Waals surface area contributed by atoms with Crippen LogP contribution < -0.4 is 0 Å². The summed E-state index contributed by atoms with van der Waals surface area (Å²) in [6, 6.07) is 9.59. The number of methoxy groups -OCH3 is 1. The van der Waals surface area contributed by atoms with Crippen molar-refractivity contribution in [3.8, 4) is 0 Å². The molecule has 2 unspecified atom stereocenters. The zero-order valence-electron chi connectivity index (χ0n) is 12.0. The van der Waals surface area contributed by atoms with E-state index in [9.17, 15) is 9.90 Å². The number of hydrogen-bond acceptors (Lipinski definition) is 4. The maximum Gasteiger partial charge on any atom is 0.305 e. The fourth-order valence-corrected chi connectivity index (χ4v) is 2.22. The molecule has 4 nitrogen and oxygen atoms in total. The number of carbonyl (C=O) groups is 1. The number of fused-ring (bicyclic) bond motifs is 1. The van der Waals surface area contributed by atoms with Crippen LogP contribution in [0.25, 0.3) is 10.9 Å². The van der Waals surface area contributed by atoms with Gasteiger partial charge >= 0.3 is 5.97 Å². The van der Waals surface area contributed by atoms with E-state index in [2.05, 4.69) is 9.72 Å². The Hall–Kier alpha value is -1.94. The predicted molar refractivity (Wildman–Crippen MR) is 77.2 cm³/mol. The van der Waals surface area contributed by atoms with E-state index >= 15 is 0 Å². The summed E-state index contributed by atoms with van der Waals surface area (Å²) in [5, 5.41) is 11.3. The van der Waals surface area contributed by atoms with Gasteiger partial charge in [-0.15, -0.1) is 0 Å². The summed E-state index contributed by atoms with van der Waals surface area (Å²) in [4.78, 5) is 15.7. The molecule has 1 aromatic carbocycles. The van der Waals surface area contributed by atoms with Gasteiger partial charge in [-0.05, 0) is 36.6 Å². The molecule has 0 aliphatic carbocycles. The van der Waals surface area contributed by atoms with Crippen LogP contribution in [0.5, 0.6) is 0 Å². The molecule has 0 radical (unpaired) electrons. The van der Waals surface area contributed by atoms with Crippen LogP contribution in [0.2, 0.25) is 0 Å². The Bertz CT molecular complexity index is 624. The van der Waals surface area contributed by atoms with E-state index < -0.39 is 6.10 Å². The largest absolute Gasteiger partial charge is 0.469 e. The van der Waals surface area contributed by atoms with E-state index in [1.54, 1.807) is 0 Å². The van der Waals surface area contributed by atoms with Crippen molar-refractivity contribution in [1.29, 1.82) is 0 Å². The van der Waals surface area contributed by atoms with Crippen molar-refractivity contribution in [2.75, 3.05) is 7.11 Å². The molecule has 1 N–H and O–H groups in total. The van der Waals surface area contributed by atoms with Gasteiger partial charge in [0.25, 0.3) is 0 Å². The molecule has 106 valence electrons. The molecular formula is C16H19NO3. The first kappa shape index (κ1) is 14.5. The maximum atomic E-state index is 11.3. The van der Waals surface area contributed by atoms with Crippen LogP contribution in [0.15, 0.2) is 30.3 Å². The minimum Gasteiger partial charge on any atom is -0.469 e. The van der Waals surface area contributed by atoms with E-state index in [0.717, 1.165) is 22.2 Å². The van der Waals surface area contributed by atoms with E-state index in [1.165, 1.54) is 7.11 Å². The average Bonchev–Trinajstić information content (AvgIpc) is 2.45. The highest BCUT2D eigenvalue weighted by atomic mass is 16.5. The Morgan fingerprint density at radius 3 is 2.80 bits per heavy atom. The first-order valence-corrected chi connectivity index (χ1v) is 6.63. The van der Waals surface area contributed by atoms with Gasteiger partial charge in [-0.3, -0.25) is 9.78 Å². The molecule has 0 saturated carbocycles. The summed E-state index contributed by atoms with van der Waals surface area (Å²) in [5.41, 5.74) is 2.66. The second kappa shape index (κ2) is 6.01. The highest BCUT2D eigenvalue weighted by molar-refractivity contribution is 5.79. The van der Waals surface area contributed by atoms with E-state index in [4.69, 9.17) is 0 Å². The number of aliphatic hydroxyl groups excluding tert-OH is 1. The number of benzene rings is 1. The summed E-state index contributed by atoms with van der Waals surface area (Å²) in [7, 11) is 1.35. The standard InChI is InChI=1S/C16H19NO3/c1-10(8-15(18)20-3)16(19)13-6-7-14-12(9-13)5-4-11(2)17-14/h4-7,9-10,16,19H,8H2,1-3H3. The third-order valence-corrected chi connectivity index (χ3v) is 3.45. The van der Waals surface area contributed by atoms with Crippen LogP contribution in [-0.2, 0) is 9.53 Å². The molecule has 0 amide bonds. The first-order valence-electron chi connectivity index (χ1n) is 6.63. The Morgan fingerprint density at radius 2 is 2.10 bits per heavy atom. The molecule has 0 saturated heterocycles. The molecule has 1 aromatic heterocycles. The van der Waals surface area contributed by atoms with Crippen molar-refractivity contribution >= 4 is 16.9 Å². The molecule has 0 aliphatic heterocycles. The number of pyridine rings is 1. The number of ether oxygens (including phenoxy) is 1. The van der Waals surface area contributed by atoms with Gasteiger partial charge in [-0.25, -0.2) is 0 Å². The third kappa shape index (κ3) is 3.14. The minimum absolute atomic E-state index is 0.196. The first-order chi connectivity index (χ1) is 9.51. The van der Waals surface area contributed by atoms with E-state index in [0.29, 0.717) is 0 Å². The van der Waals surface area contributed by atoms with Gasteiger partial charge in [-0.2, -0.15) is 0 Å². The van der Waals surface area contributed by atoms with Gasteiger partial charge in [-0.1, -0.05) is 19.1 Å². The average molecular weight is 273 g/mol. The molecule has 20 heavy (non-hydrogen) atoms. The number of carbonyl (C=O) groups excluding carboxylic acids is 1. The highest BCUT2D eigenvalue weighted by Gasteiger charge is 2.20. The zero-order valence-corrected chi connectivity index (χ0v) is 12.0. The molecule has 2 atom stereocenters. The van der Waals surface area contributed by atoms with Crippen molar-refractivity contribution in [3.63, 3.8) is 0 Å². The topological polar surface area (TPSA) is 59.4 Å². The summed E-state index contributed by atoms with van der Waals surface area (Å²) >= 11 is 0. The molecule has 0 fully saturated rings. The maximum absolute atomic E-state index is 11.3. The van der Waals surface area contributed by atoms with Gasteiger partial charge in [0.15, 0.2) is 0 Å². The number of esters is 1. The van der Waals surface area contributed by atoms with Gasteiger partial charge < -0.3 is 9.84 Å². The number of aromatic nitrogens is 1. The van der Waals surface area contributed by atoms with Crippen molar-refractivity contribution in [3.05, 3.63) is 41.6 Å². The Balaban J connectivity index is 2.23. The molecular weight excluding hydrogens is 254 g/mol. The van der Waals surface area contributed by atoms with Gasteiger partial charge in [0.2, 0.25) is 0 Å². The smallest absolute Gasteiger partial charge is 0.305 e. The lowest BCUT2D eigenvalue weighted by atomic mass is 9.94. The number of hydrogen-bond donors (Lipinski definition) is 1. The lowest BCUT2D eigenvalue weighted by Crippen LogP contribution is -2.14. The predicted octanol–water partition coefficient (Wildman–Crippen LogP) is 2.78. The second-order valence-corrected chi connectivity index (χ2v) is 5.11. The van der Waals surface area contributed by atoms with Crippen LogP contribution in [0.4, 0.5) is 0 Å². The van der Waals surface area contributed by atoms with Crippen LogP contribution in [0.3, 0.4) is 0 Å². The number of aryl methyl sites for hydroxylation is 1. The monoisotopic (exact) mass is 273 g/mol. The van der Waals surface area contributed by atoms with Gasteiger partial charge in [0, 0.05) is 11.1 Å². The Morgan fingerprint density at radius 1 is 1.35 bits per heavy atom. The SMILES string of the molecule is COC(=O)CC(C)C(O)c1ccc2nc(C)ccc2c1. The molecule has 4 heteroatoms. The molecule has 1 heterocycles. The van der Waals surface area contributed by atoms with Crippen molar-refractivity contribution in [2.24, 2.45) is 5.92 Å².